The van der Waals surface area contributed by atoms with Crippen LogP contribution in [0.5, 0.6) is 5.75 Å². The summed E-state index contributed by atoms with van der Waals surface area (Å²) in [4.78, 5) is 21.7. The smallest absolute Gasteiger partial charge is 0.229 e. The lowest BCUT2D eigenvalue weighted by Crippen LogP contribution is -2.37. The van der Waals surface area contributed by atoms with E-state index in [1.54, 1.807) is 18.2 Å². The molecule has 1 saturated carbocycles. The van der Waals surface area contributed by atoms with Gasteiger partial charge in [0.25, 0.3) is 0 Å². The summed E-state index contributed by atoms with van der Waals surface area (Å²) in [6.45, 7) is 2.76. The molecular weight excluding hydrogens is 434 g/mol. The molecule has 2 aliphatic rings. The van der Waals surface area contributed by atoms with Crippen LogP contribution in [0.3, 0.4) is 0 Å². The Morgan fingerprint density at radius 2 is 2.25 bits per heavy atom. The van der Waals surface area contributed by atoms with Crippen molar-refractivity contribution < 1.29 is 19.0 Å². The number of ether oxygens (including phenoxy) is 3. The molecule has 2 N–H and O–H groups in total. The Labute approximate surface area is 192 Å². The summed E-state index contributed by atoms with van der Waals surface area (Å²) in [6.07, 6.45) is 5.67. The molecule has 0 spiro atoms. The Bertz CT molecular complexity index is 927. The SMILES string of the molecule is COCCNc1nc(Nc2ccc(C3CN(C=O)CCO3)cc2OC2CCC2)ncc1Cl. The van der Waals surface area contributed by atoms with Crippen molar-refractivity contribution in [1.29, 1.82) is 0 Å². The number of carbonyl (C=O) groups excluding carboxylic acids is 1. The number of benzene rings is 1. The van der Waals surface area contributed by atoms with E-state index in [1.807, 2.05) is 18.2 Å². The highest BCUT2D eigenvalue weighted by atomic mass is 35.5. The van der Waals surface area contributed by atoms with E-state index in [2.05, 4.69) is 20.6 Å². The molecular formula is C22H28ClN5O4. The Morgan fingerprint density at radius 1 is 1.38 bits per heavy atom. The van der Waals surface area contributed by atoms with Gasteiger partial charge in [0.1, 0.15) is 16.9 Å². The minimum Gasteiger partial charge on any atom is -0.488 e. The van der Waals surface area contributed by atoms with E-state index in [1.165, 1.54) is 6.42 Å². The monoisotopic (exact) mass is 461 g/mol. The first-order chi connectivity index (χ1) is 15.7. The fourth-order valence-electron chi connectivity index (χ4n) is 3.52. The van der Waals surface area contributed by atoms with Gasteiger partial charge in [-0.15, -0.1) is 0 Å². The lowest BCUT2D eigenvalue weighted by Gasteiger charge is -2.32. The molecule has 1 unspecified atom stereocenters. The third-order valence-corrected chi connectivity index (χ3v) is 5.84. The second-order valence-corrected chi connectivity index (χ2v) is 8.23. The number of nitrogens with zero attached hydrogens (tertiary/aromatic N) is 3. The van der Waals surface area contributed by atoms with Gasteiger partial charge in [-0.25, -0.2) is 4.98 Å². The van der Waals surface area contributed by atoms with E-state index in [9.17, 15) is 4.79 Å². The van der Waals surface area contributed by atoms with E-state index in [0.717, 1.165) is 30.5 Å². The van der Waals surface area contributed by atoms with Crippen molar-refractivity contribution in [1.82, 2.24) is 14.9 Å². The summed E-state index contributed by atoms with van der Waals surface area (Å²) in [5, 5.41) is 6.82. The summed E-state index contributed by atoms with van der Waals surface area (Å²) >= 11 is 6.21. The molecule has 1 aliphatic carbocycles. The molecule has 2 fully saturated rings. The van der Waals surface area contributed by atoms with Crippen molar-refractivity contribution in [3.05, 3.63) is 35.0 Å². The van der Waals surface area contributed by atoms with Crippen LogP contribution in [0.1, 0.15) is 30.9 Å². The maximum atomic E-state index is 11.2. The zero-order valence-corrected chi connectivity index (χ0v) is 18.8. The van der Waals surface area contributed by atoms with Gasteiger partial charge >= 0.3 is 0 Å². The molecule has 1 atom stereocenters. The average molecular weight is 462 g/mol. The van der Waals surface area contributed by atoms with Crippen LogP contribution in [0.4, 0.5) is 17.5 Å². The Morgan fingerprint density at radius 3 is 3.00 bits per heavy atom. The molecule has 1 aromatic heterocycles. The predicted octanol–water partition coefficient (Wildman–Crippen LogP) is 3.39. The second-order valence-electron chi connectivity index (χ2n) is 7.82. The van der Waals surface area contributed by atoms with E-state index < -0.39 is 0 Å². The fourth-order valence-corrected chi connectivity index (χ4v) is 3.68. The molecule has 2 heterocycles. The summed E-state index contributed by atoms with van der Waals surface area (Å²) in [7, 11) is 1.64. The first kappa shape index (κ1) is 22.6. The van der Waals surface area contributed by atoms with Gasteiger partial charge in [0, 0.05) is 20.2 Å². The molecule has 2 aromatic rings. The van der Waals surface area contributed by atoms with Gasteiger partial charge in [0.05, 0.1) is 37.7 Å². The quantitative estimate of drug-likeness (QED) is 0.410. The van der Waals surface area contributed by atoms with Crippen molar-refractivity contribution >= 4 is 35.5 Å². The third kappa shape index (κ3) is 5.59. The minimum atomic E-state index is -0.185. The lowest BCUT2D eigenvalue weighted by atomic mass is 9.96. The standard InChI is InChI=1S/C22H28ClN5O4/c1-30-9-7-24-21-17(23)12-25-22(27-21)26-18-6-5-15(11-19(18)32-16-3-2-4-16)20-13-28(14-29)8-10-31-20/h5-6,11-12,14,16,20H,2-4,7-10,13H2,1H3,(H2,24,25,26,27). The van der Waals surface area contributed by atoms with Crippen LogP contribution in [-0.2, 0) is 14.3 Å². The van der Waals surface area contributed by atoms with Gasteiger partial charge in [-0.05, 0) is 37.0 Å². The number of aromatic nitrogens is 2. The van der Waals surface area contributed by atoms with E-state index >= 15 is 0 Å². The van der Waals surface area contributed by atoms with Crippen LogP contribution in [0, 0.1) is 0 Å². The average Bonchev–Trinajstić information content (AvgIpc) is 2.79. The highest BCUT2D eigenvalue weighted by Crippen LogP contribution is 2.36. The minimum absolute atomic E-state index is 0.185. The molecule has 1 aliphatic heterocycles. The molecule has 4 rings (SSSR count). The normalized spacial score (nSPS) is 18.7. The number of methoxy groups -OCH3 is 1. The molecule has 1 aromatic carbocycles. The van der Waals surface area contributed by atoms with Gasteiger partial charge in [0.2, 0.25) is 12.4 Å². The van der Waals surface area contributed by atoms with E-state index in [-0.39, 0.29) is 12.2 Å². The van der Waals surface area contributed by atoms with Crippen LogP contribution in [0.25, 0.3) is 0 Å². The second kappa shape index (κ2) is 10.8. The van der Waals surface area contributed by atoms with E-state index in [4.69, 9.17) is 25.8 Å². The molecule has 1 saturated heterocycles. The van der Waals surface area contributed by atoms with Gasteiger partial charge < -0.3 is 29.7 Å². The van der Waals surface area contributed by atoms with Crippen LogP contribution in [0.2, 0.25) is 5.02 Å². The molecule has 1 amide bonds. The number of hydrogen-bond donors (Lipinski definition) is 2. The fraction of sp³-hybridized carbons (Fsp3) is 0.500. The summed E-state index contributed by atoms with van der Waals surface area (Å²) in [6, 6.07) is 5.89. The van der Waals surface area contributed by atoms with Crippen LogP contribution >= 0.6 is 11.6 Å². The molecule has 0 bridgehead atoms. The number of morpholine rings is 1. The van der Waals surface area contributed by atoms with Crippen molar-refractivity contribution in [3.8, 4) is 5.75 Å². The number of amides is 1. The number of nitrogens with one attached hydrogen (secondary N) is 2. The van der Waals surface area contributed by atoms with Crippen molar-refractivity contribution in [3.63, 3.8) is 0 Å². The number of hydrogen-bond acceptors (Lipinski definition) is 8. The number of halogens is 1. The van der Waals surface area contributed by atoms with Crippen LogP contribution in [-0.4, -0.2) is 67.3 Å². The Balaban J connectivity index is 1.54. The van der Waals surface area contributed by atoms with E-state index in [0.29, 0.717) is 55.4 Å². The van der Waals surface area contributed by atoms with Gasteiger partial charge in [-0.3, -0.25) is 4.79 Å². The van der Waals surface area contributed by atoms with Gasteiger partial charge in [0.15, 0.2) is 5.82 Å². The first-order valence-corrected chi connectivity index (χ1v) is 11.2. The third-order valence-electron chi connectivity index (χ3n) is 5.56. The highest BCUT2D eigenvalue weighted by molar-refractivity contribution is 6.32. The maximum absolute atomic E-state index is 11.2. The maximum Gasteiger partial charge on any atom is 0.229 e. The molecule has 0 radical (unpaired) electrons. The predicted molar refractivity (Wildman–Crippen MR) is 122 cm³/mol. The summed E-state index contributed by atoms with van der Waals surface area (Å²) < 4.78 is 17.2. The summed E-state index contributed by atoms with van der Waals surface area (Å²) in [5.41, 5.74) is 1.73. The number of rotatable bonds is 10. The number of carbonyl (C=O) groups is 1. The number of anilines is 3. The molecule has 10 heteroatoms. The van der Waals surface area contributed by atoms with Crippen LogP contribution < -0.4 is 15.4 Å². The molecule has 9 nitrogen and oxygen atoms in total. The van der Waals surface area contributed by atoms with Crippen LogP contribution in [0.15, 0.2) is 24.4 Å². The Kier molecular flexibility index (Phi) is 7.62. The van der Waals surface area contributed by atoms with Gasteiger partial charge in [-0.1, -0.05) is 17.7 Å². The summed E-state index contributed by atoms with van der Waals surface area (Å²) in [5.74, 6) is 1.65. The highest BCUT2D eigenvalue weighted by Gasteiger charge is 2.25. The Hall–Kier alpha value is -2.62. The first-order valence-electron chi connectivity index (χ1n) is 10.8. The van der Waals surface area contributed by atoms with Gasteiger partial charge in [-0.2, -0.15) is 4.98 Å². The van der Waals surface area contributed by atoms with Crippen molar-refractivity contribution in [2.24, 2.45) is 0 Å². The largest absolute Gasteiger partial charge is 0.488 e. The molecule has 172 valence electrons. The lowest BCUT2D eigenvalue weighted by molar-refractivity contribution is -0.125. The zero-order valence-electron chi connectivity index (χ0n) is 18.1. The zero-order chi connectivity index (χ0) is 22.3. The molecule has 32 heavy (non-hydrogen) atoms. The van der Waals surface area contributed by atoms with Crippen molar-refractivity contribution in [2.75, 3.05) is 50.6 Å². The topological polar surface area (TPSA) is 97.8 Å². The van der Waals surface area contributed by atoms with Crippen molar-refractivity contribution in [2.45, 2.75) is 31.5 Å².